The summed E-state index contributed by atoms with van der Waals surface area (Å²) in [4.78, 5) is 53.8. The topological polar surface area (TPSA) is 176 Å². The molecule has 3 heterocycles. The molecular formula is C29H29N7O6. The molecule has 1 unspecified atom stereocenters. The van der Waals surface area contributed by atoms with Crippen molar-refractivity contribution in [2.45, 2.75) is 43.6 Å². The van der Waals surface area contributed by atoms with E-state index in [1.807, 2.05) is 30.3 Å². The Bertz CT molecular complexity index is 1560. The second-order valence-electron chi connectivity index (χ2n) is 10.4. The average Bonchev–Trinajstić information content (AvgIpc) is 3.00. The smallest absolute Gasteiger partial charge is 0.407 e. The van der Waals surface area contributed by atoms with Gasteiger partial charge in [-0.3, -0.25) is 19.9 Å². The Morgan fingerprint density at radius 1 is 1.24 bits per heavy atom. The molecule has 1 fully saturated rings. The third-order valence-corrected chi connectivity index (χ3v) is 8.02. The average molecular weight is 572 g/mol. The van der Waals surface area contributed by atoms with Gasteiger partial charge in [0.15, 0.2) is 5.82 Å². The van der Waals surface area contributed by atoms with Crippen LogP contribution >= 0.6 is 0 Å². The number of nitro groups is 1. The van der Waals surface area contributed by atoms with Gasteiger partial charge < -0.3 is 19.6 Å². The van der Waals surface area contributed by atoms with Crippen LogP contribution in [0.3, 0.4) is 0 Å². The first-order valence-electron chi connectivity index (χ1n) is 13.5. The lowest BCUT2D eigenvalue weighted by Gasteiger charge is -2.39. The van der Waals surface area contributed by atoms with Crippen LogP contribution < -0.4 is 4.90 Å². The van der Waals surface area contributed by atoms with Gasteiger partial charge in [-0.05, 0) is 42.5 Å². The number of ether oxygens (including phenoxy) is 1. The summed E-state index contributed by atoms with van der Waals surface area (Å²) in [6.45, 7) is 0.164. The maximum Gasteiger partial charge on any atom is 0.407 e. The fraction of sp³-hybridized carbons (Fsp3) is 0.379. The zero-order valence-corrected chi connectivity index (χ0v) is 23.0. The molecule has 0 radical (unpaired) electrons. The number of hydrogen-bond donors (Lipinski definition) is 1. The zero-order valence-electron chi connectivity index (χ0n) is 23.0. The van der Waals surface area contributed by atoms with Gasteiger partial charge in [0.2, 0.25) is 5.82 Å². The quantitative estimate of drug-likeness (QED) is 0.249. The van der Waals surface area contributed by atoms with Crippen LogP contribution in [0.25, 0.3) is 11.4 Å². The Kier molecular flexibility index (Phi) is 7.97. The summed E-state index contributed by atoms with van der Waals surface area (Å²) in [5.41, 5.74) is 0.727. The van der Waals surface area contributed by atoms with Gasteiger partial charge in [-0.1, -0.05) is 24.3 Å². The van der Waals surface area contributed by atoms with E-state index in [1.165, 1.54) is 12.0 Å². The van der Waals surface area contributed by atoms with Crippen LogP contribution in [0.1, 0.15) is 36.1 Å². The van der Waals surface area contributed by atoms with Crippen LogP contribution in [0, 0.1) is 21.4 Å². The number of pyridine rings is 1. The molecule has 1 aliphatic carbocycles. The summed E-state index contributed by atoms with van der Waals surface area (Å²) in [5.74, 6) is -0.322. The van der Waals surface area contributed by atoms with Gasteiger partial charge in [0.25, 0.3) is 0 Å². The lowest BCUT2D eigenvalue weighted by molar-refractivity contribution is -0.385. The van der Waals surface area contributed by atoms with Gasteiger partial charge in [0.05, 0.1) is 36.0 Å². The maximum atomic E-state index is 13.5. The number of carboxylic acid groups (broad SMARTS) is 1. The van der Waals surface area contributed by atoms with E-state index >= 15 is 0 Å². The summed E-state index contributed by atoms with van der Waals surface area (Å²) in [6, 6.07) is 12.3. The molecule has 3 aromatic rings. The molecule has 216 valence electrons. The van der Waals surface area contributed by atoms with Crippen LogP contribution in [0.2, 0.25) is 0 Å². The first kappa shape index (κ1) is 28.4. The van der Waals surface area contributed by atoms with Crippen molar-refractivity contribution in [3.63, 3.8) is 0 Å². The van der Waals surface area contributed by atoms with E-state index < -0.39 is 28.4 Å². The van der Waals surface area contributed by atoms with E-state index in [-0.39, 0.29) is 55.5 Å². The number of nitriles is 1. The third kappa shape index (κ3) is 5.18. The van der Waals surface area contributed by atoms with Crippen molar-refractivity contribution >= 4 is 23.6 Å². The molecule has 5 rings (SSSR count). The number of hydrogen-bond acceptors (Lipinski definition) is 10. The molecule has 13 nitrogen and oxygen atoms in total. The minimum atomic E-state index is -1.21. The number of carbonyl (C=O) groups is 2. The second kappa shape index (κ2) is 11.8. The highest BCUT2D eigenvalue weighted by Crippen LogP contribution is 2.44. The van der Waals surface area contributed by atoms with Gasteiger partial charge in [-0.15, -0.1) is 0 Å². The number of fused-ring (bicyclic) bond motifs is 1. The number of aromatic nitrogens is 3. The van der Waals surface area contributed by atoms with E-state index in [4.69, 9.17) is 4.74 Å². The maximum absolute atomic E-state index is 13.5. The van der Waals surface area contributed by atoms with Crippen LogP contribution in [0.5, 0.6) is 0 Å². The molecule has 1 aliphatic heterocycles. The van der Waals surface area contributed by atoms with Crippen molar-refractivity contribution in [1.82, 2.24) is 19.9 Å². The molecule has 2 atom stereocenters. The summed E-state index contributed by atoms with van der Waals surface area (Å²) < 4.78 is 5.29. The Morgan fingerprint density at radius 3 is 2.74 bits per heavy atom. The fourth-order valence-electron chi connectivity index (χ4n) is 6.09. The Balaban J connectivity index is 1.70. The number of anilines is 1. The Hall–Kier alpha value is -5.12. The number of esters is 1. The number of carbonyl (C=O) groups excluding carboxylic acids is 1. The van der Waals surface area contributed by atoms with Crippen LogP contribution in [0.4, 0.5) is 16.3 Å². The monoisotopic (exact) mass is 571 g/mol. The molecule has 0 bridgehead atoms. The first-order chi connectivity index (χ1) is 20.3. The number of piperazine rings is 1. The Morgan fingerprint density at radius 2 is 2.05 bits per heavy atom. The number of benzene rings is 1. The van der Waals surface area contributed by atoms with E-state index in [0.717, 1.165) is 17.5 Å². The van der Waals surface area contributed by atoms with Crippen LogP contribution in [0.15, 0.2) is 48.8 Å². The zero-order chi connectivity index (χ0) is 29.9. The predicted octanol–water partition coefficient (Wildman–Crippen LogP) is 3.52. The molecule has 1 saturated heterocycles. The van der Waals surface area contributed by atoms with Gasteiger partial charge in [0, 0.05) is 44.0 Å². The van der Waals surface area contributed by atoms with Gasteiger partial charge in [0.1, 0.15) is 5.69 Å². The second-order valence-corrected chi connectivity index (χ2v) is 10.4. The number of methoxy groups -OCH3 is 1. The van der Waals surface area contributed by atoms with E-state index in [1.54, 1.807) is 29.4 Å². The van der Waals surface area contributed by atoms with Gasteiger partial charge >= 0.3 is 17.7 Å². The van der Waals surface area contributed by atoms with Crippen molar-refractivity contribution in [1.29, 1.82) is 5.26 Å². The van der Waals surface area contributed by atoms with Crippen LogP contribution in [-0.2, 0) is 27.8 Å². The summed E-state index contributed by atoms with van der Waals surface area (Å²) in [5, 5.41) is 31.8. The van der Waals surface area contributed by atoms with Crippen molar-refractivity contribution in [2.24, 2.45) is 0 Å². The number of nitrogens with zero attached hydrogens (tertiary/aromatic N) is 7. The third-order valence-electron chi connectivity index (χ3n) is 8.02. The normalized spacial score (nSPS) is 19.9. The van der Waals surface area contributed by atoms with E-state index in [2.05, 4.69) is 15.0 Å². The number of amides is 1. The molecule has 2 aromatic heterocycles. The molecule has 1 amide bonds. The van der Waals surface area contributed by atoms with Crippen LogP contribution in [-0.4, -0.2) is 74.7 Å². The number of aryl methyl sites for hydroxylation is 1. The highest BCUT2D eigenvalue weighted by atomic mass is 16.6. The molecule has 0 spiro atoms. The molecule has 0 saturated carbocycles. The molecule has 13 heteroatoms. The van der Waals surface area contributed by atoms with E-state index in [0.29, 0.717) is 18.4 Å². The lowest BCUT2D eigenvalue weighted by Crippen LogP contribution is -2.55. The summed E-state index contributed by atoms with van der Waals surface area (Å²) in [7, 11) is 1.31. The minimum Gasteiger partial charge on any atom is -0.468 e. The van der Waals surface area contributed by atoms with Crippen molar-refractivity contribution < 1.29 is 24.4 Å². The summed E-state index contributed by atoms with van der Waals surface area (Å²) in [6.07, 6.45) is 3.62. The lowest BCUT2D eigenvalue weighted by atomic mass is 9.67. The van der Waals surface area contributed by atoms with Gasteiger partial charge in [-0.25, -0.2) is 14.8 Å². The molecule has 2 aliphatic rings. The fourth-order valence-corrected chi connectivity index (χ4v) is 6.09. The molecule has 42 heavy (non-hydrogen) atoms. The SMILES string of the molecule is COC(=O)C1(Cc2nc(-c3cccnc3)nc(N3CCN(C(=O)O)[C@@H](CC#N)C3)c2[N+](=O)[O-])CCCc2ccccc21. The summed E-state index contributed by atoms with van der Waals surface area (Å²) >= 11 is 0. The first-order valence-corrected chi connectivity index (χ1v) is 13.5. The Labute approximate surface area is 241 Å². The largest absolute Gasteiger partial charge is 0.468 e. The van der Waals surface area contributed by atoms with Gasteiger partial charge in [-0.2, -0.15) is 5.26 Å². The van der Waals surface area contributed by atoms with E-state index in [9.17, 15) is 30.1 Å². The standard InChI is InChI=1S/C29H29N7O6/c1-42-27(37)29(11-4-7-19-6-2-3-9-22(19)29)16-23-24(36(40)41)26(33-25(32-23)20-8-5-13-31-17-20)34-14-15-35(28(38)39)21(18-34)10-12-30/h2-3,5-6,8-9,13,17,21H,4,7,10-11,14-16,18H2,1H3,(H,38,39)/t21-,29?/m0/s1. The highest BCUT2D eigenvalue weighted by molar-refractivity contribution is 5.85. The van der Waals surface area contributed by atoms with Crippen molar-refractivity contribution in [3.8, 4) is 17.5 Å². The molecule has 1 aromatic carbocycles. The van der Waals surface area contributed by atoms with Crippen molar-refractivity contribution in [2.75, 3.05) is 31.6 Å². The highest BCUT2D eigenvalue weighted by Gasteiger charge is 2.47. The predicted molar refractivity (Wildman–Crippen MR) is 150 cm³/mol. The number of rotatable bonds is 7. The van der Waals surface area contributed by atoms with Crippen molar-refractivity contribution in [3.05, 3.63) is 75.7 Å². The molecular weight excluding hydrogens is 542 g/mol. The minimum absolute atomic E-state index is 0.000872. The molecule has 1 N–H and O–H groups in total.